The first-order valence-electron chi connectivity index (χ1n) is 7.56. The molecule has 7 heteroatoms. The van der Waals surface area contributed by atoms with Gasteiger partial charge >= 0.3 is 12.0 Å². The van der Waals surface area contributed by atoms with Crippen LogP contribution in [0.4, 0.5) is 4.79 Å². The minimum absolute atomic E-state index is 0.135. The van der Waals surface area contributed by atoms with Crippen LogP contribution in [0.15, 0.2) is 0 Å². The number of hydrogen-bond acceptors (Lipinski definition) is 3. The molecule has 3 N–H and O–H groups in total. The first kappa shape index (κ1) is 15.6. The lowest BCUT2D eigenvalue weighted by atomic mass is 9.86. The molecule has 1 saturated heterocycles. The van der Waals surface area contributed by atoms with Gasteiger partial charge in [0.2, 0.25) is 5.91 Å². The maximum atomic E-state index is 12.3. The molecule has 7 nitrogen and oxygen atoms in total. The fourth-order valence-corrected chi connectivity index (χ4v) is 3.23. The highest BCUT2D eigenvalue weighted by Gasteiger charge is 2.42. The fourth-order valence-electron chi connectivity index (χ4n) is 3.23. The van der Waals surface area contributed by atoms with Gasteiger partial charge in [-0.3, -0.25) is 9.59 Å². The summed E-state index contributed by atoms with van der Waals surface area (Å²) < 4.78 is 0. The number of amides is 3. The van der Waals surface area contributed by atoms with Gasteiger partial charge in [-0.05, 0) is 19.3 Å². The van der Waals surface area contributed by atoms with Gasteiger partial charge in [-0.15, -0.1) is 0 Å². The predicted octanol–water partition coefficient (Wildman–Crippen LogP) is 0.551. The second kappa shape index (κ2) is 6.32. The van der Waals surface area contributed by atoms with Gasteiger partial charge in [0.25, 0.3) is 0 Å². The van der Waals surface area contributed by atoms with E-state index in [0.29, 0.717) is 32.4 Å². The number of nitrogens with zero attached hydrogens (tertiary/aromatic N) is 1. The van der Waals surface area contributed by atoms with Gasteiger partial charge < -0.3 is 20.6 Å². The molecule has 2 aliphatic rings. The Morgan fingerprint density at radius 1 is 1.43 bits per heavy atom. The van der Waals surface area contributed by atoms with Crippen molar-refractivity contribution in [2.45, 2.75) is 45.1 Å². The highest BCUT2D eigenvalue weighted by atomic mass is 16.4. The number of nitrogens with one attached hydrogen (secondary N) is 2. The number of carboxylic acid groups (broad SMARTS) is 1. The van der Waals surface area contributed by atoms with E-state index in [4.69, 9.17) is 0 Å². The van der Waals surface area contributed by atoms with Crippen LogP contribution in [0.3, 0.4) is 0 Å². The van der Waals surface area contributed by atoms with Gasteiger partial charge in [-0.25, -0.2) is 4.79 Å². The molecule has 1 saturated carbocycles. The van der Waals surface area contributed by atoms with Crippen LogP contribution in [0, 0.1) is 5.41 Å². The predicted molar refractivity (Wildman–Crippen MR) is 75.7 cm³/mol. The topological polar surface area (TPSA) is 98.7 Å². The molecule has 0 radical (unpaired) electrons. The molecule has 0 bridgehead atoms. The van der Waals surface area contributed by atoms with Gasteiger partial charge in [0, 0.05) is 19.6 Å². The van der Waals surface area contributed by atoms with Crippen LogP contribution < -0.4 is 10.6 Å². The summed E-state index contributed by atoms with van der Waals surface area (Å²) >= 11 is 0. The molecule has 0 spiro atoms. The standard InChI is InChI=1S/C14H23N3O4/c1-2-10-11(18)15-7-8-17(10)13(21)16-9-14(12(19)20)5-3-4-6-14/h10H,2-9H2,1H3,(H,15,18)(H,16,21)(H,19,20). The molecule has 0 aromatic rings. The van der Waals surface area contributed by atoms with Crippen LogP contribution in [0.25, 0.3) is 0 Å². The van der Waals surface area contributed by atoms with E-state index in [-0.39, 0.29) is 18.5 Å². The van der Waals surface area contributed by atoms with E-state index < -0.39 is 17.4 Å². The molecular formula is C14H23N3O4. The van der Waals surface area contributed by atoms with E-state index in [2.05, 4.69) is 10.6 Å². The first-order valence-corrected chi connectivity index (χ1v) is 7.56. The van der Waals surface area contributed by atoms with Crippen LogP contribution >= 0.6 is 0 Å². The van der Waals surface area contributed by atoms with Crippen molar-refractivity contribution in [3.8, 4) is 0 Å². The summed E-state index contributed by atoms with van der Waals surface area (Å²) in [6.45, 7) is 2.88. The summed E-state index contributed by atoms with van der Waals surface area (Å²) in [4.78, 5) is 37.0. The molecule has 0 aromatic heterocycles. The molecule has 1 unspecified atom stereocenters. The zero-order valence-electron chi connectivity index (χ0n) is 12.4. The molecule has 1 aliphatic heterocycles. The second-order valence-corrected chi connectivity index (χ2v) is 5.86. The summed E-state index contributed by atoms with van der Waals surface area (Å²) in [5.41, 5.74) is -0.838. The van der Waals surface area contributed by atoms with Crippen molar-refractivity contribution in [2.24, 2.45) is 5.41 Å². The van der Waals surface area contributed by atoms with Gasteiger partial charge in [0.15, 0.2) is 0 Å². The smallest absolute Gasteiger partial charge is 0.318 e. The Balaban J connectivity index is 1.97. The third kappa shape index (κ3) is 3.11. The Kier molecular flexibility index (Phi) is 4.69. The zero-order chi connectivity index (χ0) is 15.5. The van der Waals surface area contributed by atoms with Crippen LogP contribution in [-0.2, 0) is 9.59 Å². The molecule has 1 heterocycles. The lowest BCUT2D eigenvalue weighted by molar-refractivity contribution is -0.148. The first-order chi connectivity index (χ1) is 10.00. The molecule has 0 aromatic carbocycles. The lowest BCUT2D eigenvalue weighted by Gasteiger charge is -2.35. The summed E-state index contributed by atoms with van der Waals surface area (Å²) in [5.74, 6) is -0.989. The highest BCUT2D eigenvalue weighted by molar-refractivity contribution is 5.88. The van der Waals surface area contributed by atoms with Crippen LogP contribution in [0.1, 0.15) is 39.0 Å². The maximum absolute atomic E-state index is 12.3. The molecule has 3 amide bonds. The van der Waals surface area contributed by atoms with Crippen LogP contribution in [-0.4, -0.2) is 53.6 Å². The normalized spacial score (nSPS) is 24.5. The number of carboxylic acids is 1. The van der Waals surface area contributed by atoms with E-state index in [0.717, 1.165) is 12.8 Å². The monoisotopic (exact) mass is 297 g/mol. The summed E-state index contributed by atoms with van der Waals surface area (Å²) in [6, 6.07) is -0.813. The van der Waals surface area contributed by atoms with E-state index in [1.54, 1.807) is 0 Å². The number of carbonyl (C=O) groups excluding carboxylic acids is 2. The minimum atomic E-state index is -0.844. The van der Waals surface area contributed by atoms with Crippen LogP contribution in [0.5, 0.6) is 0 Å². The van der Waals surface area contributed by atoms with Crippen LogP contribution in [0.2, 0.25) is 0 Å². The SMILES string of the molecule is CCC1C(=O)NCCN1C(=O)NCC1(C(=O)O)CCCC1. The van der Waals surface area contributed by atoms with Crippen molar-refractivity contribution in [1.82, 2.24) is 15.5 Å². The number of aliphatic carboxylic acids is 1. The number of urea groups is 1. The highest BCUT2D eigenvalue weighted by Crippen LogP contribution is 2.37. The number of piperazine rings is 1. The molecule has 1 atom stereocenters. The largest absolute Gasteiger partial charge is 0.481 e. The fraction of sp³-hybridized carbons (Fsp3) is 0.786. The number of hydrogen-bond donors (Lipinski definition) is 3. The maximum Gasteiger partial charge on any atom is 0.318 e. The Morgan fingerprint density at radius 3 is 2.67 bits per heavy atom. The zero-order valence-corrected chi connectivity index (χ0v) is 12.4. The van der Waals surface area contributed by atoms with E-state index in [9.17, 15) is 19.5 Å². The van der Waals surface area contributed by atoms with Crippen molar-refractivity contribution in [3.05, 3.63) is 0 Å². The van der Waals surface area contributed by atoms with Gasteiger partial charge in [-0.1, -0.05) is 19.8 Å². The minimum Gasteiger partial charge on any atom is -0.481 e. The Hall–Kier alpha value is -1.79. The second-order valence-electron chi connectivity index (χ2n) is 5.86. The summed E-state index contributed by atoms with van der Waals surface area (Å²) in [7, 11) is 0. The van der Waals surface area contributed by atoms with E-state index >= 15 is 0 Å². The molecule has 21 heavy (non-hydrogen) atoms. The average molecular weight is 297 g/mol. The molecule has 1 aliphatic carbocycles. The Morgan fingerprint density at radius 2 is 2.10 bits per heavy atom. The third-order valence-electron chi connectivity index (χ3n) is 4.57. The quantitative estimate of drug-likeness (QED) is 0.705. The summed E-state index contributed by atoms with van der Waals surface area (Å²) in [5, 5.41) is 14.9. The Labute approximate surface area is 124 Å². The van der Waals surface area contributed by atoms with Gasteiger partial charge in [0.05, 0.1) is 5.41 Å². The Bertz CT molecular complexity index is 432. The molecular weight excluding hydrogens is 274 g/mol. The van der Waals surface area contributed by atoms with E-state index in [1.165, 1.54) is 4.90 Å². The van der Waals surface area contributed by atoms with Gasteiger partial charge in [0.1, 0.15) is 6.04 Å². The number of rotatable bonds is 4. The van der Waals surface area contributed by atoms with Crippen molar-refractivity contribution in [1.29, 1.82) is 0 Å². The van der Waals surface area contributed by atoms with Crippen molar-refractivity contribution >= 4 is 17.9 Å². The van der Waals surface area contributed by atoms with Crippen molar-refractivity contribution in [3.63, 3.8) is 0 Å². The van der Waals surface area contributed by atoms with Crippen molar-refractivity contribution in [2.75, 3.05) is 19.6 Å². The van der Waals surface area contributed by atoms with E-state index in [1.807, 2.05) is 6.92 Å². The lowest BCUT2D eigenvalue weighted by Crippen LogP contribution is -2.60. The molecule has 118 valence electrons. The third-order valence-corrected chi connectivity index (χ3v) is 4.57. The summed E-state index contributed by atoms with van der Waals surface area (Å²) in [6.07, 6.45) is 3.50. The van der Waals surface area contributed by atoms with Crippen molar-refractivity contribution < 1.29 is 19.5 Å². The molecule has 2 rings (SSSR count). The number of carbonyl (C=O) groups is 3. The molecule has 2 fully saturated rings. The van der Waals surface area contributed by atoms with Gasteiger partial charge in [-0.2, -0.15) is 0 Å². The average Bonchev–Trinajstić information content (AvgIpc) is 2.94.